The minimum atomic E-state index is 0.463. The number of hydrogen-bond donors (Lipinski definition) is 2. The Balaban J connectivity index is 1.52. The van der Waals surface area contributed by atoms with Crippen molar-refractivity contribution in [3.05, 3.63) is 71.8 Å². The van der Waals surface area contributed by atoms with Crippen molar-refractivity contribution < 1.29 is 0 Å². The van der Waals surface area contributed by atoms with Gasteiger partial charge in [0, 0.05) is 36.0 Å². The van der Waals surface area contributed by atoms with Crippen LogP contribution in [0.5, 0.6) is 0 Å². The molecule has 3 aromatic heterocycles. The first-order valence-corrected chi connectivity index (χ1v) is 8.55. The maximum absolute atomic E-state index is 6.21. The summed E-state index contributed by atoms with van der Waals surface area (Å²) in [5.74, 6) is 1.05. The van der Waals surface area contributed by atoms with Crippen molar-refractivity contribution in [2.75, 3.05) is 10.6 Å². The Morgan fingerprint density at radius 3 is 2.88 bits per heavy atom. The lowest BCUT2D eigenvalue weighted by molar-refractivity contribution is 0.969. The third kappa shape index (κ3) is 3.45. The van der Waals surface area contributed by atoms with E-state index in [0.29, 0.717) is 23.3 Å². The van der Waals surface area contributed by atoms with Gasteiger partial charge in [0.25, 0.3) is 0 Å². The number of nitrogens with zero attached hydrogens (tertiary/aromatic N) is 4. The highest BCUT2D eigenvalue weighted by Gasteiger charge is 2.07. The summed E-state index contributed by atoms with van der Waals surface area (Å²) in [6, 6.07) is 14.0. The van der Waals surface area contributed by atoms with Gasteiger partial charge in [-0.15, -0.1) is 0 Å². The molecular weight excluding hydrogens is 348 g/mol. The molecule has 0 spiro atoms. The fourth-order valence-corrected chi connectivity index (χ4v) is 2.87. The van der Waals surface area contributed by atoms with Crippen LogP contribution in [0, 0.1) is 0 Å². The molecule has 3 heterocycles. The number of nitrogens with one attached hydrogen (secondary N) is 2. The van der Waals surface area contributed by atoms with E-state index < -0.39 is 0 Å². The van der Waals surface area contributed by atoms with Gasteiger partial charge in [-0.1, -0.05) is 17.7 Å². The molecule has 4 rings (SSSR count). The number of aromatic nitrogens is 4. The second kappa shape index (κ2) is 7.01. The van der Waals surface area contributed by atoms with E-state index in [4.69, 9.17) is 11.6 Å². The summed E-state index contributed by atoms with van der Waals surface area (Å²) >= 11 is 6.21. The van der Waals surface area contributed by atoms with Gasteiger partial charge in [-0.25, -0.2) is 4.98 Å². The fraction of sp³-hybridized carbons (Fsp3) is 0.105. The van der Waals surface area contributed by atoms with Crippen molar-refractivity contribution in [2.45, 2.75) is 6.54 Å². The van der Waals surface area contributed by atoms with Crippen LogP contribution in [0.1, 0.15) is 5.69 Å². The molecule has 0 radical (unpaired) electrons. The average Bonchev–Trinajstić information content (AvgIpc) is 3.03. The Morgan fingerprint density at radius 1 is 1.12 bits per heavy atom. The second-order valence-electron chi connectivity index (χ2n) is 5.89. The van der Waals surface area contributed by atoms with Crippen LogP contribution in [0.4, 0.5) is 17.5 Å². The molecule has 0 bridgehead atoms. The molecule has 0 atom stereocenters. The number of anilines is 3. The summed E-state index contributed by atoms with van der Waals surface area (Å²) in [4.78, 5) is 13.0. The molecule has 0 saturated heterocycles. The molecule has 26 heavy (non-hydrogen) atoms. The van der Waals surface area contributed by atoms with Gasteiger partial charge in [-0.05, 0) is 36.4 Å². The number of pyridine rings is 1. The largest absolute Gasteiger partial charge is 0.363 e. The van der Waals surface area contributed by atoms with Crippen LogP contribution in [0.3, 0.4) is 0 Å². The van der Waals surface area contributed by atoms with Gasteiger partial charge in [0.15, 0.2) is 5.82 Å². The minimum Gasteiger partial charge on any atom is -0.363 e. The quantitative estimate of drug-likeness (QED) is 0.550. The molecule has 6 nitrogen and oxygen atoms in total. The van der Waals surface area contributed by atoms with Crippen molar-refractivity contribution in [3.8, 4) is 0 Å². The SMILES string of the molecule is Cn1ccc2cc(Nc3ncc(Cl)c(NCc4ccccn4)n3)ccc21. The van der Waals surface area contributed by atoms with Crippen LogP contribution in [0.25, 0.3) is 10.9 Å². The van der Waals surface area contributed by atoms with Crippen LogP contribution >= 0.6 is 11.6 Å². The van der Waals surface area contributed by atoms with E-state index in [1.807, 2.05) is 37.5 Å². The van der Waals surface area contributed by atoms with Crippen molar-refractivity contribution in [2.24, 2.45) is 7.05 Å². The highest BCUT2D eigenvalue weighted by atomic mass is 35.5. The third-order valence-corrected chi connectivity index (χ3v) is 4.33. The Hall–Kier alpha value is -3.12. The molecule has 4 aromatic rings. The minimum absolute atomic E-state index is 0.463. The van der Waals surface area contributed by atoms with E-state index in [2.05, 4.69) is 48.4 Å². The summed E-state index contributed by atoms with van der Waals surface area (Å²) in [5, 5.41) is 8.04. The first kappa shape index (κ1) is 16.4. The van der Waals surface area contributed by atoms with Crippen LogP contribution in [-0.2, 0) is 13.6 Å². The monoisotopic (exact) mass is 364 g/mol. The van der Waals surface area contributed by atoms with Crippen molar-refractivity contribution in [3.63, 3.8) is 0 Å². The Kier molecular flexibility index (Phi) is 4.41. The van der Waals surface area contributed by atoms with Crippen molar-refractivity contribution in [1.82, 2.24) is 19.5 Å². The van der Waals surface area contributed by atoms with Gasteiger partial charge >= 0.3 is 0 Å². The van der Waals surface area contributed by atoms with E-state index in [9.17, 15) is 0 Å². The molecule has 7 heteroatoms. The lowest BCUT2D eigenvalue weighted by Crippen LogP contribution is -2.06. The van der Waals surface area contributed by atoms with Gasteiger partial charge in [0.2, 0.25) is 5.95 Å². The smallest absolute Gasteiger partial charge is 0.229 e. The zero-order valence-corrected chi connectivity index (χ0v) is 14.9. The predicted molar refractivity (Wildman–Crippen MR) is 105 cm³/mol. The first-order chi connectivity index (χ1) is 12.7. The highest BCUT2D eigenvalue weighted by Crippen LogP contribution is 2.24. The molecule has 2 N–H and O–H groups in total. The molecule has 0 aliphatic heterocycles. The van der Waals surface area contributed by atoms with Gasteiger partial charge in [-0.3, -0.25) is 4.98 Å². The van der Waals surface area contributed by atoms with E-state index in [1.54, 1.807) is 12.4 Å². The maximum atomic E-state index is 6.21. The van der Waals surface area contributed by atoms with Crippen molar-refractivity contribution in [1.29, 1.82) is 0 Å². The van der Waals surface area contributed by atoms with E-state index in [0.717, 1.165) is 16.8 Å². The van der Waals surface area contributed by atoms with Crippen LogP contribution in [0.2, 0.25) is 5.02 Å². The van der Waals surface area contributed by atoms with Gasteiger partial charge < -0.3 is 15.2 Å². The van der Waals surface area contributed by atoms with Crippen molar-refractivity contribution >= 4 is 40.0 Å². The van der Waals surface area contributed by atoms with Crippen LogP contribution in [0.15, 0.2) is 61.1 Å². The number of fused-ring (bicyclic) bond motifs is 1. The molecule has 0 fully saturated rings. The van der Waals surface area contributed by atoms with Gasteiger partial charge in [0.05, 0.1) is 18.4 Å². The highest BCUT2D eigenvalue weighted by molar-refractivity contribution is 6.32. The van der Waals surface area contributed by atoms with E-state index in [1.165, 1.54) is 5.52 Å². The summed E-state index contributed by atoms with van der Waals surface area (Å²) < 4.78 is 2.08. The molecule has 1 aromatic carbocycles. The molecule has 130 valence electrons. The normalized spacial score (nSPS) is 10.8. The number of halogens is 1. The topological polar surface area (TPSA) is 67.7 Å². The van der Waals surface area contributed by atoms with Gasteiger partial charge in [-0.2, -0.15) is 4.98 Å². The van der Waals surface area contributed by atoms with Gasteiger partial charge in [0.1, 0.15) is 5.02 Å². The van der Waals surface area contributed by atoms with E-state index >= 15 is 0 Å². The number of benzene rings is 1. The molecule has 0 amide bonds. The predicted octanol–water partition coefficient (Wildman–Crippen LogP) is 4.37. The first-order valence-electron chi connectivity index (χ1n) is 8.17. The zero-order valence-electron chi connectivity index (χ0n) is 14.1. The average molecular weight is 365 g/mol. The number of hydrogen-bond acceptors (Lipinski definition) is 5. The lowest BCUT2D eigenvalue weighted by Gasteiger charge is -2.10. The molecule has 0 unspecified atom stereocenters. The number of rotatable bonds is 5. The van der Waals surface area contributed by atoms with Crippen LogP contribution in [-0.4, -0.2) is 19.5 Å². The Morgan fingerprint density at radius 2 is 2.04 bits per heavy atom. The Labute approximate surface area is 155 Å². The lowest BCUT2D eigenvalue weighted by atomic mass is 10.2. The standard InChI is InChI=1S/C19H17ClN6/c1-26-9-7-13-10-14(5-6-17(13)26)24-19-23-12-16(20)18(25-19)22-11-15-4-2-3-8-21-15/h2-10,12H,11H2,1H3,(H2,22,23,24,25). The fourth-order valence-electron chi connectivity index (χ4n) is 2.72. The summed E-state index contributed by atoms with van der Waals surface area (Å²) in [7, 11) is 2.03. The maximum Gasteiger partial charge on any atom is 0.229 e. The molecule has 0 saturated carbocycles. The van der Waals surface area contributed by atoms with E-state index in [-0.39, 0.29) is 0 Å². The molecule has 0 aliphatic rings. The third-order valence-electron chi connectivity index (χ3n) is 4.05. The Bertz CT molecular complexity index is 1040. The summed E-state index contributed by atoms with van der Waals surface area (Å²) in [6.45, 7) is 0.535. The zero-order chi connectivity index (χ0) is 17.9. The molecule has 0 aliphatic carbocycles. The summed E-state index contributed by atoms with van der Waals surface area (Å²) in [6.07, 6.45) is 5.37. The molecular formula is C19H17ClN6. The van der Waals surface area contributed by atoms with Crippen LogP contribution < -0.4 is 10.6 Å². The second-order valence-corrected chi connectivity index (χ2v) is 6.30. The summed E-state index contributed by atoms with van der Waals surface area (Å²) in [5.41, 5.74) is 3.00. The number of aryl methyl sites for hydroxylation is 1.